The number of carbonyl (C=O) groups excluding carboxylic acids is 1. The highest BCUT2D eigenvalue weighted by atomic mass is 32.2. The highest BCUT2D eigenvalue weighted by Crippen LogP contribution is 2.35. The van der Waals surface area contributed by atoms with Gasteiger partial charge in [0.15, 0.2) is 11.0 Å². The summed E-state index contributed by atoms with van der Waals surface area (Å²) in [6.07, 6.45) is 0. The molecule has 1 heterocycles. The Bertz CT molecular complexity index is 1420. The number of amides is 1. The number of benzene rings is 4. The Morgan fingerprint density at radius 2 is 1.48 bits per heavy atom. The first-order valence-electron chi connectivity index (χ1n) is 10.4. The number of carbonyl (C=O) groups is 1. The van der Waals surface area contributed by atoms with Gasteiger partial charge < -0.3 is 10.4 Å². The second-order valence-corrected chi connectivity index (χ2v) is 8.34. The van der Waals surface area contributed by atoms with Crippen LogP contribution in [-0.4, -0.2) is 31.5 Å². The third-order valence-electron chi connectivity index (χ3n) is 5.14. The molecule has 0 aliphatic carbocycles. The zero-order chi connectivity index (χ0) is 22.6. The molecule has 1 amide bonds. The summed E-state index contributed by atoms with van der Waals surface area (Å²) < 4.78 is 1.87. The Morgan fingerprint density at radius 3 is 2.21 bits per heavy atom. The van der Waals surface area contributed by atoms with Crippen LogP contribution in [0.4, 0.5) is 5.69 Å². The van der Waals surface area contributed by atoms with Crippen LogP contribution in [0.15, 0.2) is 102 Å². The van der Waals surface area contributed by atoms with Gasteiger partial charge in [-0.1, -0.05) is 72.4 Å². The summed E-state index contributed by atoms with van der Waals surface area (Å²) in [5.74, 6) is 0.666. The van der Waals surface area contributed by atoms with Crippen molar-refractivity contribution in [2.75, 3.05) is 11.1 Å². The zero-order valence-electron chi connectivity index (χ0n) is 17.6. The fourth-order valence-electron chi connectivity index (χ4n) is 3.60. The molecule has 1 aromatic heterocycles. The molecule has 0 radical (unpaired) electrons. The van der Waals surface area contributed by atoms with Crippen molar-refractivity contribution >= 4 is 34.1 Å². The number of anilines is 1. The molecule has 0 saturated carbocycles. The van der Waals surface area contributed by atoms with Crippen LogP contribution in [0.5, 0.6) is 5.75 Å². The summed E-state index contributed by atoms with van der Waals surface area (Å²) in [6, 6.07) is 30.5. The number of hydrogen-bond donors (Lipinski definition) is 2. The normalized spacial score (nSPS) is 10.9. The lowest BCUT2D eigenvalue weighted by Gasteiger charge is -2.12. The number of aromatic nitrogens is 3. The van der Waals surface area contributed by atoms with Crippen molar-refractivity contribution in [3.8, 4) is 22.8 Å². The molecule has 0 aliphatic heterocycles. The number of phenolic OH excluding ortho intramolecular Hbond substituents is 1. The van der Waals surface area contributed by atoms with E-state index in [2.05, 4.69) is 15.5 Å². The molecule has 0 spiro atoms. The topological polar surface area (TPSA) is 80.0 Å². The highest BCUT2D eigenvalue weighted by Gasteiger charge is 2.20. The summed E-state index contributed by atoms with van der Waals surface area (Å²) in [7, 11) is 0. The van der Waals surface area contributed by atoms with Gasteiger partial charge in [0, 0.05) is 11.4 Å². The SMILES string of the molecule is O=C(CSc1nnc(-c2cc3ccccc3cc2O)n1-c1ccccc1)Nc1ccccc1. The van der Waals surface area contributed by atoms with Gasteiger partial charge in [-0.2, -0.15) is 0 Å². The van der Waals surface area contributed by atoms with Gasteiger partial charge in [-0.3, -0.25) is 9.36 Å². The lowest BCUT2D eigenvalue weighted by molar-refractivity contribution is -0.113. The van der Waals surface area contributed by atoms with E-state index in [9.17, 15) is 9.90 Å². The molecule has 7 heteroatoms. The van der Waals surface area contributed by atoms with Crippen LogP contribution in [0.3, 0.4) is 0 Å². The lowest BCUT2D eigenvalue weighted by Crippen LogP contribution is -2.14. The van der Waals surface area contributed by atoms with E-state index >= 15 is 0 Å². The van der Waals surface area contributed by atoms with E-state index in [0.717, 1.165) is 22.1 Å². The van der Waals surface area contributed by atoms with Crippen LogP contribution < -0.4 is 5.32 Å². The monoisotopic (exact) mass is 452 g/mol. The average Bonchev–Trinajstić information content (AvgIpc) is 3.27. The van der Waals surface area contributed by atoms with Crippen molar-refractivity contribution in [3.05, 3.63) is 97.1 Å². The van der Waals surface area contributed by atoms with Gasteiger partial charge in [-0.25, -0.2) is 0 Å². The number of nitrogens with one attached hydrogen (secondary N) is 1. The van der Waals surface area contributed by atoms with E-state index in [1.165, 1.54) is 11.8 Å². The van der Waals surface area contributed by atoms with Crippen LogP contribution in [0.25, 0.3) is 27.8 Å². The maximum absolute atomic E-state index is 12.5. The number of thioether (sulfide) groups is 1. The van der Waals surface area contributed by atoms with E-state index in [0.29, 0.717) is 16.5 Å². The zero-order valence-corrected chi connectivity index (χ0v) is 18.4. The van der Waals surface area contributed by atoms with Gasteiger partial charge >= 0.3 is 0 Å². The standard InChI is InChI=1S/C26H20N4O2S/c31-23-16-19-10-8-7-9-18(19)15-22(23)25-28-29-26(30(25)21-13-5-2-6-14-21)33-17-24(32)27-20-11-3-1-4-12-20/h1-16,31H,17H2,(H,27,32). The third-order valence-corrected chi connectivity index (χ3v) is 6.07. The molecule has 5 aromatic rings. The predicted octanol–water partition coefficient (Wildman–Crippen LogP) is 5.52. The third kappa shape index (κ3) is 4.44. The molecular formula is C26H20N4O2S. The Morgan fingerprint density at radius 1 is 0.848 bits per heavy atom. The van der Waals surface area contributed by atoms with Gasteiger partial charge in [0.05, 0.1) is 11.3 Å². The number of fused-ring (bicyclic) bond motifs is 1. The maximum atomic E-state index is 12.5. The Labute approximate surface area is 194 Å². The van der Waals surface area contributed by atoms with Crippen molar-refractivity contribution in [3.63, 3.8) is 0 Å². The fraction of sp³-hybridized carbons (Fsp3) is 0.0385. The van der Waals surface area contributed by atoms with Crippen molar-refractivity contribution in [1.29, 1.82) is 0 Å². The number of para-hydroxylation sites is 2. The molecule has 0 bridgehead atoms. The molecule has 6 nitrogen and oxygen atoms in total. The maximum Gasteiger partial charge on any atom is 0.234 e. The second-order valence-electron chi connectivity index (χ2n) is 7.40. The molecular weight excluding hydrogens is 432 g/mol. The van der Waals surface area contributed by atoms with Crippen molar-refractivity contribution in [2.45, 2.75) is 5.16 Å². The molecule has 4 aromatic carbocycles. The number of nitrogens with zero attached hydrogens (tertiary/aromatic N) is 3. The summed E-state index contributed by atoms with van der Waals surface area (Å²) >= 11 is 1.29. The molecule has 0 fully saturated rings. The molecule has 33 heavy (non-hydrogen) atoms. The van der Waals surface area contributed by atoms with Gasteiger partial charge in [0.1, 0.15) is 5.75 Å². The Hall–Kier alpha value is -4.10. The summed E-state index contributed by atoms with van der Waals surface area (Å²) in [5.41, 5.74) is 2.16. The van der Waals surface area contributed by atoms with E-state index in [4.69, 9.17) is 0 Å². The number of phenols is 1. The minimum atomic E-state index is -0.135. The van der Waals surface area contributed by atoms with Crippen LogP contribution in [0.2, 0.25) is 0 Å². The van der Waals surface area contributed by atoms with E-state index in [1.54, 1.807) is 6.07 Å². The van der Waals surface area contributed by atoms with Crippen LogP contribution >= 0.6 is 11.8 Å². The number of rotatable bonds is 6. The molecule has 5 rings (SSSR count). The molecule has 0 aliphatic rings. The Kier molecular flexibility index (Phi) is 5.78. The van der Waals surface area contributed by atoms with Gasteiger partial charge in [-0.05, 0) is 47.2 Å². The number of hydrogen-bond acceptors (Lipinski definition) is 5. The van der Waals surface area contributed by atoms with E-state index in [1.807, 2.05) is 95.6 Å². The Balaban J connectivity index is 1.50. The van der Waals surface area contributed by atoms with Gasteiger partial charge in [0.2, 0.25) is 5.91 Å². The van der Waals surface area contributed by atoms with Gasteiger partial charge in [-0.15, -0.1) is 10.2 Å². The highest BCUT2D eigenvalue weighted by molar-refractivity contribution is 7.99. The minimum Gasteiger partial charge on any atom is -0.507 e. The van der Waals surface area contributed by atoms with Crippen molar-refractivity contribution in [1.82, 2.24) is 14.8 Å². The second kappa shape index (κ2) is 9.18. The quantitative estimate of drug-likeness (QED) is 0.332. The van der Waals surface area contributed by atoms with E-state index in [-0.39, 0.29) is 17.4 Å². The van der Waals surface area contributed by atoms with Gasteiger partial charge in [0.25, 0.3) is 0 Å². The molecule has 2 N–H and O–H groups in total. The molecule has 162 valence electrons. The predicted molar refractivity (Wildman–Crippen MR) is 132 cm³/mol. The largest absolute Gasteiger partial charge is 0.507 e. The lowest BCUT2D eigenvalue weighted by atomic mass is 10.1. The fourth-order valence-corrected chi connectivity index (χ4v) is 4.36. The first-order valence-corrected chi connectivity index (χ1v) is 11.4. The molecule has 0 atom stereocenters. The van der Waals surface area contributed by atoms with Crippen LogP contribution in [-0.2, 0) is 4.79 Å². The molecule has 0 unspecified atom stereocenters. The average molecular weight is 453 g/mol. The van der Waals surface area contributed by atoms with Crippen molar-refractivity contribution < 1.29 is 9.90 Å². The first kappa shape index (κ1) is 20.8. The number of aromatic hydroxyl groups is 1. The first-order chi connectivity index (χ1) is 16.2. The minimum absolute atomic E-state index is 0.122. The summed E-state index contributed by atoms with van der Waals surface area (Å²) in [5, 5.41) is 24.9. The summed E-state index contributed by atoms with van der Waals surface area (Å²) in [4.78, 5) is 12.5. The summed E-state index contributed by atoms with van der Waals surface area (Å²) in [6.45, 7) is 0. The van der Waals surface area contributed by atoms with Crippen LogP contribution in [0.1, 0.15) is 0 Å². The van der Waals surface area contributed by atoms with Crippen molar-refractivity contribution in [2.24, 2.45) is 0 Å². The smallest absolute Gasteiger partial charge is 0.234 e. The van der Waals surface area contributed by atoms with E-state index < -0.39 is 0 Å². The van der Waals surface area contributed by atoms with Crippen LogP contribution in [0, 0.1) is 0 Å². The molecule has 0 saturated heterocycles.